The molecule has 2 aromatic rings. The van der Waals surface area contributed by atoms with Crippen molar-refractivity contribution in [2.45, 2.75) is 12.5 Å². The summed E-state index contributed by atoms with van der Waals surface area (Å²) in [7, 11) is 0. The van der Waals surface area contributed by atoms with Crippen LogP contribution in [0.4, 0.5) is 0 Å². The number of pyridine rings is 1. The Bertz CT molecular complexity index is 628. The van der Waals surface area contributed by atoms with Crippen molar-refractivity contribution < 1.29 is 5.11 Å². The van der Waals surface area contributed by atoms with E-state index in [1.54, 1.807) is 18.3 Å². The van der Waals surface area contributed by atoms with Gasteiger partial charge >= 0.3 is 0 Å². The molecular weight excluding hydrogens is 306 g/mol. The van der Waals surface area contributed by atoms with Gasteiger partial charge in [0.2, 0.25) is 0 Å². The van der Waals surface area contributed by atoms with Crippen molar-refractivity contribution in [1.82, 2.24) is 10.4 Å². The summed E-state index contributed by atoms with van der Waals surface area (Å²) in [6, 6.07) is 11.2. The van der Waals surface area contributed by atoms with Crippen molar-refractivity contribution >= 4 is 21.6 Å². The van der Waals surface area contributed by atoms with Gasteiger partial charge in [-0.15, -0.1) is 0 Å². The van der Waals surface area contributed by atoms with Gasteiger partial charge in [0.1, 0.15) is 5.75 Å². The van der Waals surface area contributed by atoms with Crippen LogP contribution in [0.2, 0.25) is 0 Å². The smallest absolute Gasteiger partial charge is 0.124 e. The maximum Gasteiger partial charge on any atom is 0.124 e. The topological polar surface area (TPSA) is 57.5 Å². The van der Waals surface area contributed by atoms with Gasteiger partial charge in [-0.2, -0.15) is 5.10 Å². The van der Waals surface area contributed by atoms with Gasteiger partial charge in [-0.3, -0.25) is 4.98 Å². The SMILES string of the molecule is Oc1ccc(Br)cc1C1=NN[C@@H](c2ccccn2)C1. The molecule has 0 aliphatic carbocycles. The van der Waals surface area contributed by atoms with E-state index in [9.17, 15) is 5.11 Å². The molecule has 0 amide bonds. The fourth-order valence-corrected chi connectivity index (χ4v) is 2.46. The highest BCUT2D eigenvalue weighted by Gasteiger charge is 2.23. The van der Waals surface area contributed by atoms with Crippen molar-refractivity contribution in [3.63, 3.8) is 0 Å². The van der Waals surface area contributed by atoms with Crippen molar-refractivity contribution in [3.8, 4) is 5.75 Å². The number of aromatic hydroxyl groups is 1. The summed E-state index contributed by atoms with van der Waals surface area (Å²) in [6.07, 6.45) is 2.48. The number of benzene rings is 1. The predicted molar refractivity (Wildman–Crippen MR) is 77.1 cm³/mol. The van der Waals surface area contributed by atoms with E-state index in [0.717, 1.165) is 21.4 Å². The molecule has 1 aromatic heterocycles. The minimum Gasteiger partial charge on any atom is -0.507 e. The van der Waals surface area contributed by atoms with Crippen LogP contribution in [-0.4, -0.2) is 15.8 Å². The monoisotopic (exact) mass is 317 g/mol. The molecule has 1 aliphatic rings. The zero-order valence-corrected chi connectivity index (χ0v) is 11.6. The zero-order chi connectivity index (χ0) is 13.2. The van der Waals surface area contributed by atoms with Crippen LogP contribution < -0.4 is 5.43 Å². The summed E-state index contributed by atoms with van der Waals surface area (Å²) in [6.45, 7) is 0. The number of phenolic OH excluding ortho intramolecular Hbond substituents is 1. The fourth-order valence-electron chi connectivity index (χ4n) is 2.10. The van der Waals surface area contributed by atoms with Crippen molar-refractivity contribution in [2.75, 3.05) is 0 Å². The molecule has 19 heavy (non-hydrogen) atoms. The first-order valence-corrected chi connectivity index (χ1v) is 6.75. The number of nitrogens with zero attached hydrogens (tertiary/aromatic N) is 2. The molecule has 2 N–H and O–H groups in total. The molecule has 0 bridgehead atoms. The molecular formula is C14H12BrN3O. The molecule has 0 unspecified atom stereocenters. The number of hydrogen-bond acceptors (Lipinski definition) is 4. The second-order valence-electron chi connectivity index (χ2n) is 4.36. The number of aromatic nitrogens is 1. The molecule has 3 rings (SSSR count). The Kier molecular flexibility index (Phi) is 3.21. The van der Waals surface area contributed by atoms with Crippen LogP contribution in [0.3, 0.4) is 0 Å². The first kappa shape index (κ1) is 12.2. The molecule has 0 saturated carbocycles. The number of hydrazone groups is 1. The van der Waals surface area contributed by atoms with Gasteiger partial charge < -0.3 is 10.5 Å². The highest BCUT2D eigenvalue weighted by molar-refractivity contribution is 9.10. The summed E-state index contributed by atoms with van der Waals surface area (Å²) in [5, 5.41) is 14.2. The van der Waals surface area contributed by atoms with Crippen LogP contribution in [-0.2, 0) is 0 Å². The lowest BCUT2D eigenvalue weighted by Gasteiger charge is -2.08. The predicted octanol–water partition coefficient (Wildman–Crippen LogP) is 2.99. The first-order valence-electron chi connectivity index (χ1n) is 5.96. The maximum absolute atomic E-state index is 9.91. The van der Waals surface area contributed by atoms with Crippen LogP contribution >= 0.6 is 15.9 Å². The molecule has 0 fully saturated rings. The molecule has 5 heteroatoms. The van der Waals surface area contributed by atoms with E-state index >= 15 is 0 Å². The minimum atomic E-state index is 0.0644. The third-order valence-electron chi connectivity index (χ3n) is 3.07. The average molecular weight is 318 g/mol. The number of nitrogens with one attached hydrogen (secondary N) is 1. The Balaban J connectivity index is 1.84. The van der Waals surface area contributed by atoms with Crippen LogP contribution in [0.15, 0.2) is 52.2 Å². The van der Waals surface area contributed by atoms with Crippen LogP contribution in [0.5, 0.6) is 5.75 Å². The van der Waals surface area contributed by atoms with Gasteiger partial charge in [-0.1, -0.05) is 22.0 Å². The van der Waals surface area contributed by atoms with Gasteiger partial charge in [0, 0.05) is 22.7 Å². The minimum absolute atomic E-state index is 0.0644. The Morgan fingerprint density at radius 3 is 2.95 bits per heavy atom. The Hall–Kier alpha value is -1.88. The summed E-state index contributed by atoms with van der Waals surface area (Å²) < 4.78 is 0.921. The third-order valence-corrected chi connectivity index (χ3v) is 3.56. The lowest BCUT2D eigenvalue weighted by Crippen LogP contribution is -2.11. The van der Waals surface area contributed by atoms with E-state index < -0.39 is 0 Å². The van der Waals surface area contributed by atoms with E-state index in [-0.39, 0.29) is 11.8 Å². The van der Waals surface area contributed by atoms with Gasteiger partial charge in [-0.25, -0.2) is 0 Å². The number of phenols is 1. The quantitative estimate of drug-likeness (QED) is 0.895. The van der Waals surface area contributed by atoms with Gasteiger partial charge in [-0.05, 0) is 30.3 Å². The Morgan fingerprint density at radius 1 is 1.26 bits per heavy atom. The van der Waals surface area contributed by atoms with Crippen LogP contribution in [0.25, 0.3) is 0 Å². The van der Waals surface area contributed by atoms with Gasteiger partial charge in [0.25, 0.3) is 0 Å². The highest BCUT2D eigenvalue weighted by Crippen LogP contribution is 2.29. The highest BCUT2D eigenvalue weighted by atomic mass is 79.9. The standard InChI is InChI=1S/C14H12BrN3O/c15-9-4-5-14(19)10(7-9)12-8-13(18-17-12)11-3-1-2-6-16-11/h1-7,13,18-19H,8H2/t13-/m1/s1. The molecule has 1 aromatic carbocycles. The molecule has 1 atom stereocenters. The van der Waals surface area contributed by atoms with E-state index in [2.05, 4.69) is 31.4 Å². The summed E-state index contributed by atoms with van der Waals surface area (Å²) in [5.41, 5.74) is 5.61. The summed E-state index contributed by atoms with van der Waals surface area (Å²) in [4.78, 5) is 4.32. The van der Waals surface area contributed by atoms with E-state index in [1.165, 1.54) is 0 Å². The van der Waals surface area contributed by atoms with Crippen LogP contribution in [0, 0.1) is 0 Å². The molecule has 2 heterocycles. The molecule has 0 radical (unpaired) electrons. The molecule has 96 valence electrons. The van der Waals surface area contributed by atoms with E-state index in [4.69, 9.17) is 0 Å². The molecule has 0 spiro atoms. The average Bonchev–Trinajstić information content (AvgIpc) is 2.92. The van der Waals surface area contributed by atoms with E-state index in [0.29, 0.717) is 6.42 Å². The summed E-state index contributed by atoms with van der Waals surface area (Å²) >= 11 is 3.40. The lowest BCUT2D eigenvalue weighted by atomic mass is 10.0. The second-order valence-corrected chi connectivity index (χ2v) is 5.28. The summed E-state index contributed by atoms with van der Waals surface area (Å²) in [5.74, 6) is 0.241. The number of rotatable bonds is 2. The lowest BCUT2D eigenvalue weighted by molar-refractivity contribution is 0.474. The largest absolute Gasteiger partial charge is 0.507 e. The molecule has 1 aliphatic heterocycles. The number of halogens is 1. The maximum atomic E-state index is 9.91. The molecule has 0 saturated heterocycles. The number of hydrogen-bond donors (Lipinski definition) is 2. The van der Waals surface area contributed by atoms with Crippen LogP contribution in [0.1, 0.15) is 23.7 Å². The van der Waals surface area contributed by atoms with Crippen molar-refractivity contribution in [3.05, 3.63) is 58.3 Å². The zero-order valence-electron chi connectivity index (χ0n) is 10.0. The first-order chi connectivity index (χ1) is 9.24. The Morgan fingerprint density at radius 2 is 2.16 bits per heavy atom. The molecule has 4 nitrogen and oxygen atoms in total. The normalized spacial score (nSPS) is 17.9. The van der Waals surface area contributed by atoms with Crippen molar-refractivity contribution in [2.24, 2.45) is 5.10 Å². The third kappa shape index (κ3) is 2.46. The second kappa shape index (κ2) is 5.01. The van der Waals surface area contributed by atoms with E-state index in [1.807, 2.05) is 24.3 Å². The Labute approximate surface area is 119 Å². The van der Waals surface area contributed by atoms with Gasteiger partial charge in [0.15, 0.2) is 0 Å². The fraction of sp³-hybridized carbons (Fsp3) is 0.143. The van der Waals surface area contributed by atoms with Gasteiger partial charge in [0.05, 0.1) is 17.4 Å². The van der Waals surface area contributed by atoms with Crippen molar-refractivity contribution in [1.29, 1.82) is 0 Å².